The number of rotatable bonds is 6. The zero-order chi connectivity index (χ0) is 23.6. The van der Waals surface area contributed by atoms with E-state index in [1.165, 1.54) is 31.2 Å². The third-order valence-corrected chi connectivity index (χ3v) is 5.21. The molecule has 0 aliphatic carbocycles. The molecule has 11 heteroatoms. The maximum Gasteiger partial charge on any atom is 0.416 e. The maximum absolute atomic E-state index is 12.9. The largest absolute Gasteiger partial charge is 0.458 e. The van der Waals surface area contributed by atoms with Gasteiger partial charge in [0.25, 0.3) is 5.91 Å². The second-order valence-corrected chi connectivity index (χ2v) is 7.77. The van der Waals surface area contributed by atoms with Crippen molar-refractivity contribution in [3.05, 3.63) is 71.0 Å². The molecule has 0 aliphatic heterocycles. The number of benzene rings is 1. The summed E-state index contributed by atoms with van der Waals surface area (Å²) in [4.78, 5) is 27.8. The van der Waals surface area contributed by atoms with Gasteiger partial charge in [-0.3, -0.25) is 14.9 Å². The van der Waals surface area contributed by atoms with E-state index in [0.29, 0.717) is 17.2 Å². The number of thiazole rings is 1. The highest BCUT2D eigenvalue weighted by molar-refractivity contribution is 7.14. The normalized spacial score (nSPS) is 11.4. The third-order valence-electron chi connectivity index (χ3n) is 4.45. The fourth-order valence-electron chi connectivity index (χ4n) is 2.89. The van der Waals surface area contributed by atoms with Crippen molar-refractivity contribution in [3.63, 3.8) is 0 Å². The van der Waals surface area contributed by atoms with Crippen molar-refractivity contribution >= 4 is 28.3 Å². The highest BCUT2D eigenvalue weighted by Crippen LogP contribution is 2.33. The highest BCUT2D eigenvalue weighted by atomic mass is 32.1. The number of amides is 2. The van der Waals surface area contributed by atoms with Crippen LogP contribution in [0.25, 0.3) is 22.8 Å². The molecule has 4 rings (SSSR count). The summed E-state index contributed by atoms with van der Waals surface area (Å²) in [5.41, 5.74) is -0.113. The van der Waals surface area contributed by atoms with Crippen molar-refractivity contribution in [3.8, 4) is 22.8 Å². The Morgan fingerprint density at radius 1 is 1.06 bits per heavy atom. The first kappa shape index (κ1) is 22.3. The number of anilines is 1. The predicted molar refractivity (Wildman–Crippen MR) is 114 cm³/mol. The number of halogens is 3. The highest BCUT2D eigenvalue weighted by Gasteiger charge is 2.30. The van der Waals surface area contributed by atoms with Crippen LogP contribution in [-0.2, 0) is 17.5 Å². The lowest BCUT2D eigenvalue weighted by Crippen LogP contribution is -2.18. The summed E-state index contributed by atoms with van der Waals surface area (Å²) in [6, 6.07) is 10.9. The van der Waals surface area contributed by atoms with Crippen LogP contribution in [0.15, 0.2) is 62.7 Å². The number of nitrogens with one attached hydrogen (secondary N) is 2. The zero-order valence-electron chi connectivity index (χ0n) is 17.0. The fourth-order valence-corrected chi connectivity index (χ4v) is 3.58. The molecular weight excluding hydrogens is 459 g/mol. The van der Waals surface area contributed by atoms with E-state index in [2.05, 4.69) is 15.6 Å². The molecule has 170 valence electrons. The molecule has 4 aromatic rings. The Labute approximate surface area is 189 Å². The molecule has 0 saturated heterocycles. The van der Waals surface area contributed by atoms with E-state index in [0.717, 1.165) is 23.5 Å². The first-order valence-corrected chi connectivity index (χ1v) is 10.4. The van der Waals surface area contributed by atoms with Crippen LogP contribution in [-0.4, -0.2) is 16.8 Å². The Kier molecular flexibility index (Phi) is 6.05. The lowest BCUT2D eigenvalue weighted by atomic mass is 10.1. The summed E-state index contributed by atoms with van der Waals surface area (Å²) in [6.45, 7) is 1.65. The van der Waals surface area contributed by atoms with Gasteiger partial charge in [0, 0.05) is 17.9 Å². The Hall–Kier alpha value is -3.86. The van der Waals surface area contributed by atoms with Crippen LogP contribution in [0.3, 0.4) is 0 Å². The van der Waals surface area contributed by atoms with Gasteiger partial charge in [-0.05, 0) is 36.4 Å². The van der Waals surface area contributed by atoms with Crippen LogP contribution in [0.5, 0.6) is 0 Å². The smallest absolute Gasteiger partial charge is 0.416 e. The first-order valence-electron chi connectivity index (χ1n) is 9.57. The number of alkyl halides is 3. The molecule has 0 radical (unpaired) electrons. The number of aromatic nitrogens is 1. The maximum atomic E-state index is 12.9. The summed E-state index contributed by atoms with van der Waals surface area (Å²) in [6.07, 6.45) is -4.48. The van der Waals surface area contributed by atoms with Crippen molar-refractivity contribution in [2.45, 2.75) is 19.6 Å². The molecule has 0 atom stereocenters. The number of hydrogen-bond acceptors (Lipinski definition) is 6. The van der Waals surface area contributed by atoms with E-state index >= 15 is 0 Å². The van der Waals surface area contributed by atoms with Gasteiger partial charge in [0.15, 0.2) is 16.7 Å². The Morgan fingerprint density at radius 3 is 2.61 bits per heavy atom. The zero-order valence-corrected chi connectivity index (χ0v) is 17.8. The minimum absolute atomic E-state index is 0.0743. The lowest BCUT2D eigenvalue weighted by molar-refractivity contribution is -0.137. The average Bonchev–Trinajstić information content (AvgIpc) is 3.52. The second kappa shape index (κ2) is 8.94. The molecule has 0 aliphatic rings. The number of furan rings is 2. The van der Waals surface area contributed by atoms with E-state index in [-0.39, 0.29) is 34.7 Å². The van der Waals surface area contributed by atoms with E-state index in [9.17, 15) is 22.8 Å². The first-order chi connectivity index (χ1) is 15.7. The number of hydrogen-bond donors (Lipinski definition) is 2. The molecule has 1 aromatic carbocycles. The van der Waals surface area contributed by atoms with E-state index in [4.69, 9.17) is 8.83 Å². The van der Waals surface area contributed by atoms with Crippen LogP contribution in [0.1, 0.15) is 28.8 Å². The molecule has 0 unspecified atom stereocenters. The summed E-state index contributed by atoms with van der Waals surface area (Å²) < 4.78 is 49.9. The average molecular weight is 475 g/mol. The summed E-state index contributed by atoms with van der Waals surface area (Å²) in [5.74, 6) is 0.303. The van der Waals surface area contributed by atoms with Gasteiger partial charge < -0.3 is 14.2 Å². The summed E-state index contributed by atoms with van der Waals surface area (Å²) in [5, 5.41) is 7.19. The molecule has 0 saturated carbocycles. The lowest BCUT2D eigenvalue weighted by Gasteiger charge is -2.07. The van der Waals surface area contributed by atoms with Crippen LogP contribution < -0.4 is 10.6 Å². The van der Waals surface area contributed by atoms with Crippen LogP contribution in [0.4, 0.5) is 18.3 Å². The van der Waals surface area contributed by atoms with Gasteiger partial charge in [-0.25, -0.2) is 4.98 Å². The van der Waals surface area contributed by atoms with Gasteiger partial charge in [-0.15, -0.1) is 11.3 Å². The molecule has 33 heavy (non-hydrogen) atoms. The van der Waals surface area contributed by atoms with Gasteiger partial charge in [0.1, 0.15) is 17.2 Å². The van der Waals surface area contributed by atoms with Crippen molar-refractivity contribution < 1.29 is 31.6 Å². The van der Waals surface area contributed by atoms with Crippen molar-refractivity contribution in [1.29, 1.82) is 0 Å². The second-order valence-electron chi connectivity index (χ2n) is 6.91. The molecular formula is C22H16F3N3O4S. The minimum Gasteiger partial charge on any atom is -0.458 e. The molecule has 2 amide bonds. The minimum atomic E-state index is -4.48. The molecule has 3 heterocycles. The topological polar surface area (TPSA) is 97.4 Å². The number of carbonyl (C=O) groups is 2. The number of nitrogens with zero attached hydrogens (tertiary/aromatic N) is 1. The predicted octanol–water partition coefficient (Wildman–Crippen LogP) is 5.57. The molecule has 0 spiro atoms. The quantitative estimate of drug-likeness (QED) is 0.380. The molecule has 0 bridgehead atoms. The fraction of sp³-hybridized carbons (Fsp3) is 0.136. The van der Waals surface area contributed by atoms with Crippen LogP contribution in [0.2, 0.25) is 0 Å². The summed E-state index contributed by atoms with van der Waals surface area (Å²) >= 11 is 1.16. The van der Waals surface area contributed by atoms with Crippen LogP contribution >= 0.6 is 11.3 Å². The van der Waals surface area contributed by atoms with Gasteiger partial charge in [0.05, 0.1) is 12.1 Å². The Balaban J connectivity index is 1.44. The van der Waals surface area contributed by atoms with Gasteiger partial charge in [-0.2, -0.15) is 13.2 Å². The van der Waals surface area contributed by atoms with Gasteiger partial charge in [-0.1, -0.05) is 12.1 Å². The monoisotopic (exact) mass is 475 g/mol. The van der Waals surface area contributed by atoms with Gasteiger partial charge >= 0.3 is 6.18 Å². The standard InChI is InChI=1S/C22H16F3N3O4S/c1-12(29)26-10-15-5-6-18(31-15)16-11-33-21(27-16)28-20(30)19-8-7-17(32-19)13-3-2-4-14(9-13)22(23,24)25/h2-9,11H,10H2,1H3,(H,26,29)(H,27,28,30). The summed E-state index contributed by atoms with van der Waals surface area (Å²) in [7, 11) is 0. The van der Waals surface area contributed by atoms with Crippen molar-refractivity contribution in [1.82, 2.24) is 10.3 Å². The van der Waals surface area contributed by atoms with Gasteiger partial charge in [0.2, 0.25) is 5.91 Å². The Morgan fingerprint density at radius 2 is 1.85 bits per heavy atom. The molecule has 3 aromatic heterocycles. The molecule has 2 N–H and O–H groups in total. The van der Waals surface area contributed by atoms with E-state index in [1.807, 2.05) is 0 Å². The van der Waals surface area contributed by atoms with E-state index in [1.54, 1.807) is 17.5 Å². The molecule has 7 nitrogen and oxygen atoms in total. The van der Waals surface area contributed by atoms with Crippen LogP contribution in [0, 0.1) is 0 Å². The molecule has 0 fully saturated rings. The Bertz CT molecular complexity index is 1310. The van der Waals surface area contributed by atoms with Crippen molar-refractivity contribution in [2.24, 2.45) is 0 Å². The third kappa shape index (κ3) is 5.32. The van der Waals surface area contributed by atoms with E-state index < -0.39 is 17.6 Å². The van der Waals surface area contributed by atoms with Crippen molar-refractivity contribution in [2.75, 3.05) is 5.32 Å². The SMILES string of the molecule is CC(=O)NCc1ccc(-c2csc(NC(=O)c3ccc(-c4cccc(C(F)(F)F)c4)o3)n2)o1. The number of carbonyl (C=O) groups excluding carboxylic acids is 2.